The number of carbonyl (C=O) groups is 2. The van der Waals surface area contributed by atoms with E-state index in [-0.39, 0.29) is 0 Å². The summed E-state index contributed by atoms with van der Waals surface area (Å²) in [4.78, 5) is 24.1. The fourth-order valence-corrected chi connectivity index (χ4v) is 1.89. The number of nitrogens with zero attached hydrogens (tertiary/aromatic N) is 1. The van der Waals surface area contributed by atoms with Gasteiger partial charge < -0.3 is 10.4 Å². The molecule has 0 heterocycles. The van der Waals surface area contributed by atoms with Gasteiger partial charge in [-0.1, -0.05) is 17.7 Å². The number of carboxylic acid groups (broad SMARTS) is 1. The van der Waals surface area contributed by atoms with Crippen LogP contribution in [0.3, 0.4) is 0 Å². The molecule has 0 spiro atoms. The number of carboxylic acids is 1. The highest BCUT2D eigenvalue weighted by atomic mass is 35.5. The fraction of sp³-hybridized carbons (Fsp3) is 0.333. The topological polar surface area (TPSA) is 69.6 Å². The minimum atomic E-state index is -1.10. The van der Waals surface area contributed by atoms with E-state index in [2.05, 4.69) is 11.2 Å². The van der Waals surface area contributed by atoms with Crippen molar-refractivity contribution in [3.05, 3.63) is 29.3 Å². The number of rotatable bonds is 7. The molecular weight excluding hydrogens is 292 g/mol. The van der Waals surface area contributed by atoms with Crippen molar-refractivity contribution in [2.24, 2.45) is 0 Å². The first-order valence-corrected chi connectivity index (χ1v) is 6.88. The van der Waals surface area contributed by atoms with Gasteiger partial charge >= 0.3 is 12.0 Å². The van der Waals surface area contributed by atoms with E-state index in [9.17, 15) is 9.59 Å². The number of amides is 2. The molecule has 0 radical (unpaired) electrons. The number of hydrogen-bond acceptors (Lipinski definition) is 2. The third-order valence-corrected chi connectivity index (χ3v) is 2.92. The van der Waals surface area contributed by atoms with Crippen molar-refractivity contribution in [2.75, 3.05) is 18.0 Å². The van der Waals surface area contributed by atoms with Gasteiger partial charge in [0.25, 0.3) is 0 Å². The van der Waals surface area contributed by atoms with Crippen LogP contribution in [0.5, 0.6) is 0 Å². The maximum Gasteiger partial charge on any atom is 0.323 e. The lowest BCUT2D eigenvalue weighted by atomic mass is 10.2. The maximum absolute atomic E-state index is 12.1. The normalized spacial score (nSPS) is 9.71. The predicted molar refractivity (Wildman–Crippen MR) is 82.5 cm³/mol. The molecule has 0 aromatic heterocycles. The lowest BCUT2D eigenvalue weighted by molar-refractivity contribution is -0.135. The summed E-state index contributed by atoms with van der Waals surface area (Å²) in [7, 11) is 0. The molecule has 112 valence electrons. The SMILES string of the molecule is C#CCCCCNC(=O)N(CC(=O)O)c1cccc(Cl)c1. The lowest BCUT2D eigenvalue weighted by Gasteiger charge is -2.21. The second-order valence-electron chi connectivity index (χ2n) is 4.35. The average Bonchev–Trinajstić information content (AvgIpc) is 2.44. The van der Waals surface area contributed by atoms with Gasteiger partial charge in [0.15, 0.2) is 0 Å². The quantitative estimate of drug-likeness (QED) is 0.601. The monoisotopic (exact) mass is 308 g/mol. The van der Waals surface area contributed by atoms with E-state index in [0.29, 0.717) is 23.7 Å². The molecule has 0 fully saturated rings. The Labute approximate surface area is 128 Å². The van der Waals surface area contributed by atoms with Crippen LogP contribution in [0.4, 0.5) is 10.5 Å². The first-order chi connectivity index (χ1) is 10.0. The van der Waals surface area contributed by atoms with Crippen LogP contribution in [0, 0.1) is 12.3 Å². The van der Waals surface area contributed by atoms with Gasteiger partial charge in [-0.15, -0.1) is 12.3 Å². The first kappa shape index (κ1) is 16.9. The third kappa shape index (κ3) is 6.19. The van der Waals surface area contributed by atoms with Gasteiger partial charge in [0.1, 0.15) is 6.54 Å². The number of nitrogens with one attached hydrogen (secondary N) is 1. The minimum Gasteiger partial charge on any atom is -0.480 e. The molecule has 0 aliphatic heterocycles. The number of benzene rings is 1. The van der Waals surface area contributed by atoms with Crippen LogP contribution >= 0.6 is 11.6 Å². The number of unbranched alkanes of at least 4 members (excludes halogenated alkanes) is 2. The van der Waals surface area contributed by atoms with Crippen LogP contribution in [0.1, 0.15) is 19.3 Å². The summed E-state index contributed by atoms with van der Waals surface area (Å²) in [6, 6.07) is 6.02. The Kier molecular flexibility index (Phi) is 7.13. The van der Waals surface area contributed by atoms with Crippen molar-refractivity contribution in [3.63, 3.8) is 0 Å². The van der Waals surface area contributed by atoms with Crippen LogP contribution in [0.25, 0.3) is 0 Å². The standard InChI is InChI=1S/C15H17ClN2O3/c1-2-3-4-5-9-17-15(21)18(11-14(19)20)13-8-6-7-12(16)10-13/h1,6-8,10H,3-5,9,11H2,(H,17,21)(H,19,20). The number of halogens is 1. The third-order valence-electron chi connectivity index (χ3n) is 2.68. The van der Waals surface area contributed by atoms with Gasteiger partial charge in [0, 0.05) is 23.7 Å². The van der Waals surface area contributed by atoms with Gasteiger partial charge in [-0.3, -0.25) is 9.69 Å². The molecule has 1 aromatic rings. The molecule has 21 heavy (non-hydrogen) atoms. The summed E-state index contributed by atoms with van der Waals surface area (Å²) in [5, 5.41) is 12.0. The van der Waals surface area contributed by atoms with Gasteiger partial charge in [-0.2, -0.15) is 0 Å². The molecule has 0 bridgehead atoms. The van der Waals surface area contributed by atoms with Crippen molar-refractivity contribution < 1.29 is 14.7 Å². The molecule has 0 saturated carbocycles. The van der Waals surface area contributed by atoms with Crippen LogP contribution in [-0.2, 0) is 4.79 Å². The van der Waals surface area contributed by atoms with Crippen LogP contribution < -0.4 is 10.2 Å². The molecular formula is C15H17ClN2O3. The van der Waals surface area contributed by atoms with E-state index in [0.717, 1.165) is 17.7 Å². The maximum atomic E-state index is 12.1. The summed E-state index contributed by atoms with van der Waals surface area (Å²) in [6.07, 6.45) is 7.35. The second-order valence-corrected chi connectivity index (χ2v) is 4.79. The van der Waals surface area contributed by atoms with E-state index in [1.54, 1.807) is 24.3 Å². The second kappa shape index (κ2) is 8.88. The Balaban J connectivity index is 2.67. The van der Waals surface area contributed by atoms with E-state index < -0.39 is 18.5 Å². The number of hydrogen-bond donors (Lipinski definition) is 2. The van der Waals surface area contributed by atoms with Crippen LogP contribution in [0.2, 0.25) is 5.02 Å². The van der Waals surface area contributed by atoms with Crippen LogP contribution in [0.15, 0.2) is 24.3 Å². The summed E-state index contributed by atoms with van der Waals surface area (Å²) in [5.74, 6) is 1.42. The van der Waals surface area contributed by atoms with Gasteiger partial charge in [0.05, 0.1) is 0 Å². The smallest absolute Gasteiger partial charge is 0.323 e. The Hall–Kier alpha value is -2.19. The van der Waals surface area contributed by atoms with Crippen molar-refractivity contribution >= 4 is 29.3 Å². The Morgan fingerprint density at radius 1 is 1.38 bits per heavy atom. The predicted octanol–water partition coefficient (Wildman–Crippen LogP) is 2.74. The molecule has 2 amide bonds. The van der Waals surface area contributed by atoms with Crippen molar-refractivity contribution in [2.45, 2.75) is 19.3 Å². The zero-order valence-electron chi connectivity index (χ0n) is 11.5. The van der Waals surface area contributed by atoms with Crippen molar-refractivity contribution in [1.82, 2.24) is 5.32 Å². The highest BCUT2D eigenvalue weighted by Crippen LogP contribution is 2.19. The summed E-state index contributed by atoms with van der Waals surface area (Å²) >= 11 is 5.87. The molecule has 1 aromatic carbocycles. The molecule has 0 aliphatic carbocycles. The van der Waals surface area contributed by atoms with Crippen molar-refractivity contribution in [1.29, 1.82) is 0 Å². The lowest BCUT2D eigenvalue weighted by Crippen LogP contribution is -2.43. The van der Waals surface area contributed by atoms with Gasteiger partial charge in [-0.05, 0) is 31.0 Å². The molecule has 1 rings (SSSR count). The molecule has 0 aliphatic rings. The highest BCUT2D eigenvalue weighted by molar-refractivity contribution is 6.30. The number of anilines is 1. The number of aliphatic carboxylic acids is 1. The highest BCUT2D eigenvalue weighted by Gasteiger charge is 2.18. The minimum absolute atomic E-state index is 0.434. The first-order valence-electron chi connectivity index (χ1n) is 6.50. The fourth-order valence-electron chi connectivity index (χ4n) is 1.70. The molecule has 0 atom stereocenters. The van der Waals surface area contributed by atoms with Crippen molar-refractivity contribution in [3.8, 4) is 12.3 Å². The summed E-state index contributed by atoms with van der Waals surface area (Å²) in [5.41, 5.74) is 0.436. The average molecular weight is 309 g/mol. The zero-order chi connectivity index (χ0) is 15.7. The molecule has 6 heteroatoms. The molecule has 0 unspecified atom stereocenters. The zero-order valence-corrected chi connectivity index (χ0v) is 12.3. The molecule has 2 N–H and O–H groups in total. The van der Waals surface area contributed by atoms with E-state index >= 15 is 0 Å². The molecule has 5 nitrogen and oxygen atoms in total. The number of urea groups is 1. The number of terminal acetylenes is 1. The van der Waals surface area contributed by atoms with E-state index in [1.165, 1.54) is 0 Å². The molecule has 0 saturated heterocycles. The van der Waals surface area contributed by atoms with E-state index in [4.69, 9.17) is 23.1 Å². The Bertz CT molecular complexity index is 540. The van der Waals surface area contributed by atoms with Crippen LogP contribution in [-0.4, -0.2) is 30.2 Å². The summed E-state index contributed by atoms with van der Waals surface area (Å²) in [6.45, 7) is 0.00767. The number of carbonyl (C=O) groups excluding carboxylic acids is 1. The van der Waals surface area contributed by atoms with Gasteiger partial charge in [0.2, 0.25) is 0 Å². The Morgan fingerprint density at radius 3 is 2.76 bits per heavy atom. The van der Waals surface area contributed by atoms with E-state index in [1.807, 2.05) is 0 Å². The summed E-state index contributed by atoms with van der Waals surface area (Å²) < 4.78 is 0. The Morgan fingerprint density at radius 2 is 2.14 bits per heavy atom. The van der Waals surface area contributed by atoms with Gasteiger partial charge in [-0.25, -0.2) is 4.79 Å². The largest absolute Gasteiger partial charge is 0.480 e.